The zero-order valence-electron chi connectivity index (χ0n) is 11.5. The van der Waals surface area contributed by atoms with Gasteiger partial charge in [0.25, 0.3) is 0 Å². The van der Waals surface area contributed by atoms with Crippen molar-refractivity contribution in [2.24, 2.45) is 5.73 Å². The van der Waals surface area contributed by atoms with E-state index in [0.717, 1.165) is 41.9 Å². The molecule has 0 amide bonds. The van der Waals surface area contributed by atoms with Gasteiger partial charge in [0, 0.05) is 5.56 Å². The number of fused-ring (bicyclic) bond motifs is 1. The molecule has 2 N–H and O–H groups in total. The summed E-state index contributed by atoms with van der Waals surface area (Å²) in [6, 6.07) is 10.5. The van der Waals surface area contributed by atoms with Crippen LogP contribution in [-0.4, -0.2) is 6.61 Å². The van der Waals surface area contributed by atoms with E-state index in [9.17, 15) is 4.39 Å². The molecule has 3 rings (SSSR count). The number of rotatable bonds is 2. The zero-order chi connectivity index (χ0) is 14.1. The Bertz CT molecular complexity index is 639. The van der Waals surface area contributed by atoms with Crippen molar-refractivity contribution in [3.63, 3.8) is 0 Å². The van der Waals surface area contributed by atoms with Gasteiger partial charge in [-0.3, -0.25) is 0 Å². The third-order valence-corrected chi connectivity index (χ3v) is 3.78. The molecule has 1 aliphatic heterocycles. The van der Waals surface area contributed by atoms with Gasteiger partial charge in [0.2, 0.25) is 0 Å². The molecule has 1 heterocycles. The Morgan fingerprint density at radius 2 is 2.05 bits per heavy atom. The van der Waals surface area contributed by atoms with Crippen molar-refractivity contribution in [3.05, 3.63) is 64.5 Å². The molecule has 1 atom stereocenters. The van der Waals surface area contributed by atoms with E-state index in [4.69, 9.17) is 10.5 Å². The van der Waals surface area contributed by atoms with Gasteiger partial charge in [-0.15, -0.1) is 0 Å². The van der Waals surface area contributed by atoms with E-state index in [1.54, 1.807) is 6.07 Å². The molecule has 2 aromatic carbocycles. The quantitative estimate of drug-likeness (QED) is 0.907. The molecule has 0 radical (unpaired) electrons. The molecular weight excluding hydrogens is 253 g/mol. The molecular formula is C17H18FNO. The van der Waals surface area contributed by atoms with Gasteiger partial charge >= 0.3 is 0 Å². The van der Waals surface area contributed by atoms with Crippen molar-refractivity contribution in [2.45, 2.75) is 25.8 Å². The fraction of sp³-hybridized carbons (Fsp3) is 0.294. The minimum Gasteiger partial charge on any atom is -0.493 e. The van der Waals surface area contributed by atoms with Gasteiger partial charge in [-0.05, 0) is 43.0 Å². The van der Waals surface area contributed by atoms with E-state index >= 15 is 0 Å². The summed E-state index contributed by atoms with van der Waals surface area (Å²) in [5.74, 6) is 0.675. The Morgan fingerprint density at radius 1 is 1.20 bits per heavy atom. The molecule has 1 aliphatic rings. The van der Waals surface area contributed by atoms with Crippen molar-refractivity contribution in [3.8, 4) is 5.75 Å². The van der Waals surface area contributed by atoms with Crippen molar-refractivity contribution in [1.82, 2.24) is 0 Å². The zero-order valence-corrected chi connectivity index (χ0v) is 11.5. The summed E-state index contributed by atoms with van der Waals surface area (Å²) >= 11 is 0. The standard InChI is InChI=1S/C17H18FNO/c1-11-4-6-15(18)14(9-11)17(19)13-5-7-16-12(10-13)3-2-8-20-16/h4-7,9-10,17H,2-3,8,19H2,1H3. The van der Waals surface area contributed by atoms with Crippen LogP contribution in [0.15, 0.2) is 36.4 Å². The van der Waals surface area contributed by atoms with Crippen LogP contribution in [-0.2, 0) is 6.42 Å². The van der Waals surface area contributed by atoms with Gasteiger partial charge in [-0.1, -0.05) is 29.8 Å². The van der Waals surface area contributed by atoms with Gasteiger partial charge in [-0.2, -0.15) is 0 Å². The highest BCUT2D eigenvalue weighted by molar-refractivity contribution is 5.43. The molecule has 104 valence electrons. The minimum absolute atomic E-state index is 0.253. The lowest BCUT2D eigenvalue weighted by Gasteiger charge is -2.20. The number of aryl methyl sites for hydroxylation is 2. The van der Waals surface area contributed by atoms with Gasteiger partial charge in [-0.25, -0.2) is 4.39 Å². The average Bonchev–Trinajstić information content (AvgIpc) is 2.48. The van der Waals surface area contributed by atoms with E-state index in [0.29, 0.717) is 5.56 Å². The van der Waals surface area contributed by atoms with Crippen LogP contribution in [0.3, 0.4) is 0 Å². The van der Waals surface area contributed by atoms with Crippen LogP contribution in [0, 0.1) is 12.7 Å². The van der Waals surface area contributed by atoms with Crippen molar-refractivity contribution < 1.29 is 9.13 Å². The smallest absolute Gasteiger partial charge is 0.128 e. The van der Waals surface area contributed by atoms with Crippen molar-refractivity contribution in [1.29, 1.82) is 0 Å². The van der Waals surface area contributed by atoms with Crippen LogP contribution in [0.5, 0.6) is 5.75 Å². The van der Waals surface area contributed by atoms with E-state index in [1.807, 2.05) is 31.2 Å². The Kier molecular flexibility index (Phi) is 3.45. The highest BCUT2D eigenvalue weighted by Crippen LogP contribution is 2.30. The maximum Gasteiger partial charge on any atom is 0.128 e. The molecule has 3 heteroatoms. The minimum atomic E-state index is -0.442. The number of halogens is 1. The number of hydrogen-bond acceptors (Lipinski definition) is 2. The lowest BCUT2D eigenvalue weighted by atomic mass is 9.94. The summed E-state index contributed by atoms with van der Waals surface area (Å²) in [6.45, 7) is 2.71. The Labute approximate surface area is 118 Å². The molecule has 2 nitrogen and oxygen atoms in total. The van der Waals surface area contributed by atoms with Crippen LogP contribution in [0.25, 0.3) is 0 Å². The fourth-order valence-corrected chi connectivity index (χ4v) is 2.65. The molecule has 0 aromatic heterocycles. The molecule has 0 spiro atoms. The first kappa shape index (κ1) is 13.1. The normalized spacial score (nSPS) is 15.3. The number of ether oxygens (including phenoxy) is 1. The first-order valence-corrected chi connectivity index (χ1v) is 6.92. The lowest BCUT2D eigenvalue weighted by Crippen LogP contribution is -2.15. The molecule has 0 aliphatic carbocycles. The molecule has 0 bridgehead atoms. The monoisotopic (exact) mass is 271 g/mol. The van der Waals surface area contributed by atoms with Crippen LogP contribution >= 0.6 is 0 Å². The summed E-state index contributed by atoms with van der Waals surface area (Å²) in [4.78, 5) is 0. The van der Waals surface area contributed by atoms with Crippen molar-refractivity contribution >= 4 is 0 Å². The summed E-state index contributed by atoms with van der Waals surface area (Å²) in [5, 5.41) is 0. The van der Waals surface area contributed by atoms with Gasteiger partial charge in [0.1, 0.15) is 11.6 Å². The lowest BCUT2D eigenvalue weighted by molar-refractivity contribution is 0.288. The number of benzene rings is 2. The van der Waals surface area contributed by atoms with Crippen LogP contribution in [0.1, 0.15) is 34.7 Å². The van der Waals surface area contributed by atoms with Crippen LogP contribution in [0.2, 0.25) is 0 Å². The van der Waals surface area contributed by atoms with Crippen molar-refractivity contribution in [2.75, 3.05) is 6.61 Å². The topological polar surface area (TPSA) is 35.2 Å². The Balaban J connectivity index is 1.97. The molecule has 1 unspecified atom stereocenters. The largest absolute Gasteiger partial charge is 0.493 e. The predicted molar refractivity (Wildman–Crippen MR) is 77.4 cm³/mol. The van der Waals surface area contributed by atoms with E-state index in [2.05, 4.69) is 0 Å². The summed E-state index contributed by atoms with van der Waals surface area (Å²) < 4.78 is 19.5. The second kappa shape index (κ2) is 5.25. The SMILES string of the molecule is Cc1ccc(F)c(C(N)c2ccc3c(c2)CCCO3)c1. The van der Waals surface area contributed by atoms with E-state index < -0.39 is 6.04 Å². The third-order valence-electron chi connectivity index (χ3n) is 3.78. The molecule has 0 saturated heterocycles. The highest BCUT2D eigenvalue weighted by atomic mass is 19.1. The first-order chi connectivity index (χ1) is 9.65. The highest BCUT2D eigenvalue weighted by Gasteiger charge is 2.17. The van der Waals surface area contributed by atoms with Crippen LogP contribution < -0.4 is 10.5 Å². The first-order valence-electron chi connectivity index (χ1n) is 6.92. The summed E-state index contributed by atoms with van der Waals surface area (Å²) in [7, 11) is 0. The average molecular weight is 271 g/mol. The second-order valence-corrected chi connectivity index (χ2v) is 5.32. The third kappa shape index (κ3) is 2.41. The number of nitrogens with two attached hydrogens (primary N) is 1. The Morgan fingerprint density at radius 3 is 2.90 bits per heavy atom. The number of hydrogen-bond donors (Lipinski definition) is 1. The molecule has 20 heavy (non-hydrogen) atoms. The predicted octanol–water partition coefficient (Wildman–Crippen LogP) is 3.51. The molecule has 0 saturated carbocycles. The fourth-order valence-electron chi connectivity index (χ4n) is 2.65. The van der Waals surface area contributed by atoms with E-state index in [1.165, 1.54) is 6.07 Å². The Hall–Kier alpha value is -1.87. The summed E-state index contributed by atoms with van der Waals surface area (Å²) in [6.07, 6.45) is 2.01. The summed E-state index contributed by atoms with van der Waals surface area (Å²) in [5.41, 5.74) is 9.89. The second-order valence-electron chi connectivity index (χ2n) is 5.32. The maximum atomic E-state index is 13.9. The molecule has 0 fully saturated rings. The molecule has 2 aromatic rings. The van der Waals surface area contributed by atoms with E-state index in [-0.39, 0.29) is 5.82 Å². The van der Waals surface area contributed by atoms with Gasteiger partial charge < -0.3 is 10.5 Å². The van der Waals surface area contributed by atoms with Crippen LogP contribution in [0.4, 0.5) is 4.39 Å². The van der Waals surface area contributed by atoms with Gasteiger partial charge in [0.05, 0.1) is 12.6 Å². The van der Waals surface area contributed by atoms with Gasteiger partial charge in [0.15, 0.2) is 0 Å². The maximum absolute atomic E-state index is 13.9.